The second kappa shape index (κ2) is 6.31. The number of halogens is 12. The van der Waals surface area contributed by atoms with E-state index in [-0.39, 0.29) is 0 Å². The van der Waals surface area contributed by atoms with Gasteiger partial charge in [0.15, 0.2) is 0 Å². The molecule has 1 nitrogen and oxygen atoms in total. The number of hydrogen-bond donors (Lipinski definition) is 0. The van der Waals surface area contributed by atoms with Gasteiger partial charge in [-0.1, -0.05) is 0 Å². The van der Waals surface area contributed by atoms with Gasteiger partial charge in [0.2, 0.25) is 0 Å². The lowest BCUT2D eigenvalue weighted by Gasteiger charge is -2.54. The molecule has 0 amide bonds. The van der Waals surface area contributed by atoms with E-state index in [9.17, 15) is 52.7 Å². The highest BCUT2D eigenvalue weighted by Crippen LogP contribution is 2.61. The Kier molecular flexibility index (Phi) is 6.11. The summed E-state index contributed by atoms with van der Waals surface area (Å²) in [5, 5.41) is 0. The summed E-state index contributed by atoms with van der Waals surface area (Å²) in [4.78, 5) is 0. The van der Waals surface area contributed by atoms with Crippen molar-refractivity contribution in [1.29, 1.82) is 0 Å². The Morgan fingerprint density at radius 2 is 0.444 bits per heavy atom. The van der Waals surface area contributed by atoms with Crippen LogP contribution in [0.4, 0.5) is 52.7 Å². The molecule has 0 unspecified atom stereocenters. The quantitative estimate of drug-likeness (QED) is 0.405. The van der Waals surface area contributed by atoms with Crippen molar-refractivity contribution >= 4 is 0 Å². The van der Waals surface area contributed by atoms with Gasteiger partial charge in [-0.05, 0) is 0 Å². The van der Waals surface area contributed by atoms with Gasteiger partial charge in [0, 0.05) is 41.5 Å². The molecule has 164 valence electrons. The molecule has 0 fully saturated rings. The van der Waals surface area contributed by atoms with Crippen LogP contribution in [0, 0.1) is 0 Å². The summed E-state index contributed by atoms with van der Waals surface area (Å²) in [6, 6.07) is 0. The molecule has 0 spiro atoms. The fraction of sp³-hybridized carbons (Fsp3) is 1.00. The van der Waals surface area contributed by atoms with Crippen molar-refractivity contribution in [3.05, 3.63) is 0 Å². The summed E-state index contributed by atoms with van der Waals surface area (Å²) in [5.41, 5.74) is -11.5. The van der Waals surface area contributed by atoms with E-state index in [4.69, 9.17) is 0 Å². The minimum atomic E-state index is -5.77. The average Bonchev–Trinajstić information content (AvgIpc) is 2.16. The summed E-state index contributed by atoms with van der Waals surface area (Å²) in [5.74, 6) is -33.2. The van der Waals surface area contributed by atoms with Gasteiger partial charge >= 0.3 is 0 Å². The normalized spacial score (nSPS) is 16.7. The van der Waals surface area contributed by atoms with Crippen molar-refractivity contribution in [1.82, 2.24) is 0 Å². The third-order valence-corrected chi connectivity index (χ3v) is 4.02. The van der Waals surface area contributed by atoms with E-state index >= 15 is 0 Å². The van der Waals surface area contributed by atoms with E-state index in [1.54, 1.807) is 0 Å². The lowest BCUT2D eigenvalue weighted by atomic mass is 9.78. The minimum Gasteiger partial charge on any atom is -0.334 e. The van der Waals surface area contributed by atoms with Gasteiger partial charge in [0.05, 0.1) is 0 Å². The minimum absolute atomic E-state index is 0.665. The van der Waals surface area contributed by atoms with Crippen LogP contribution in [0.25, 0.3) is 0 Å². The summed E-state index contributed by atoms with van der Waals surface area (Å²) in [6.45, 7) is -3.99. The molecule has 0 atom stereocenters. The number of hydrogen-bond acceptors (Lipinski definition) is 1. The van der Waals surface area contributed by atoms with E-state index in [0.29, 0.717) is 0 Å². The van der Waals surface area contributed by atoms with Crippen molar-refractivity contribution in [3.63, 3.8) is 0 Å². The van der Waals surface area contributed by atoms with E-state index in [1.165, 1.54) is 0 Å². The number of alkyl halides is 12. The zero-order valence-corrected chi connectivity index (χ0v) is 14.9. The SMILES string of the molecule is CC(F)(F)C(OC(C(C)(F)F)(C(C)(F)F)C(C)(F)F)(C(C)(F)F)C(C)(F)F. The largest absolute Gasteiger partial charge is 0.334 e. The molecule has 0 aliphatic heterocycles. The molecule has 0 aromatic heterocycles. The fourth-order valence-electron chi connectivity index (χ4n) is 3.08. The molecule has 27 heavy (non-hydrogen) atoms. The van der Waals surface area contributed by atoms with Crippen molar-refractivity contribution in [2.45, 2.75) is 88.3 Å². The first kappa shape index (κ1) is 26.1. The predicted octanol–water partition coefficient (Wildman–Crippen LogP) is 6.41. The Morgan fingerprint density at radius 1 is 0.333 bits per heavy atom. The van der Waals surface area contributed by atoms with Gasteiger partial charge in [-0.3, -0.25) is 0 Å². The molecule has 0 N–H and O–H groups in total. The molecule has 0 heterocycles. The molecule has 0 bridgehead atoms. The third-order valence-electron chi connectivity index (χ3n) is 4.02. The first-order chi connectivity index (χ1) is 11.2. The Hall–Kier alpha value is -0.880. The molecule has 0 aromatic rings. The van der Waals surface area contributed by atoms with Crippen LogP contribution in [0.5, 0.6) is 0 Å². The summed E-state index contributed by atoms with van der Waals surface area (Å²) >= 11 is 0. The molecule has 0 aliphatic carbocycles. The standard InChI is InChI=1S/C14H18F12O/c1-7(15,16)13(8(2,17)18,9(3,19)20)27-14(10(4,21)22,11(5,23)24)12(6,25)26/h1-6H3. The van der Waals surface area contributed by atoms with Crippen LogP contribution in [0.15, 0.2) is 0 Å². The van der Waals surface area contributed by atoms with E-state index in [0.717, 1.165) is 0 Å². The van der Waals surface area contributed by atoms with Crippen molar-refractivity contribution < 1.29 is 57.4 Å². The topological polar surface area (TPSA) is 9.23 Å². The average molecular weight is 430 g/mol. The molecular weight excluding hydrogens is 412 g/mol. The van der Waals surface area contributed by atoms with Gasteiger partial charge in [0.25, 0.3) is 46.7 Å². The van der Waals surface area contributed by atoms with Crippen LogP contribution < -0.4 is 0 Å². The van der Waals surface area contributed by atoms with Gasteiger partial charge < -0.3 is 4.74 Å². The molecule has 0 aliphatic rings. The Bertz CT molecular complexity index is 401. The second-order valence-corrected chi connectivity index (χ2v) is 6.79. The van der Waals surface area contributed by atoms with Gasteiger partial charge in [0.1, 0.15) is 0 Å². The molecule has 0 rings (SSSR count). The monoisotopic (exact) mass is 430 g/mol. The third kappa shape index (κ3) is 3.84. The highest BCUT2D eigenvalue weighted by molar-refractivity contribution is 5.17. The first-order valence-corrected chi connectivity index (χ1v) is 7.18. The van der Waals surface area contributed by atoms with Crippen molar-refractivity contribution in [2.75, 3.05) is 0 Å². The van der Waals surface area contributed by atoms with E-state index < -0.39 is 88.3 Å². The van der Waals surface area contributed by atoms with Crippen molar-refractivity contribution in [3.8, 4) is 0 Å². The zero-order valence-electron chi connectivity index (χ0n) is 14.9. The Balaban J connectivity index is 7.45. The molecule has 0 aromatic carbocycles. The maximum Gasteiger partial charge on any atom is 0.285 e. The summed E-state index contributed by atoms with van der Waals surface area (Å²) in [7, 11) is 0. The Morgan fingerprint density at radius 3 is 0.519 bits per heavy atom. The second-order valence-electron chi connectivity index (χ2n) is 6.79. The zero-order chi connectivity index (χ0) is 22.7. The van der Waals surface area contributed by atoms with Crippen LogP contribution in [-0.2, 0) is 4.74 Å². The first-order valence-electron chi connectivity index (χ1n) is 7.18. The lowest BCUT2D eigenvalue weighted by Crippen LogP contribution is -2.79. The molecule has 0 saturated heterocycles. The number of rotatable bonds is 8. The van der Waals surface area contributed by atoms with E-state index in [2.05, 4.69) is 4.74 Å². The Labute approximate surface area is 147 Å². The summed E-state index contributed by atoms with van der Waals surface area (Å²) < 4.78 is 170. The smallest absolute Gasteiger partial charge is 0.285 e. The molecule has 0 saturated carbocycles. The van der Waals surface area contributed by atoms with Crippen LogP contribution in [0.1, 0.15) is 41.5 Å². The van der Waals surface area contributed by atoms with Crippen LogP contribution >= 0.6 is 0 Å². The molecular formula is C14H18F12O. The maximum atomic E-state index is 13.9. The lowest BCUT2D eigenvalue weighted by molar-refractivity contribution is -0.459. The molecule has 13 heteroatoms. The van der Waals surface area contributed by atoms with E-state index in [1.807, 2.05) is 0 Å². The molecule has 0 radical (unpaired) electrons. The fourth-order valence-corrected chi connectivity index (χ4v) is 3.08. The van der Waals surface area contributed by atoms with Gasteiger partial charge in [-0.2, -0.15) is 0 Å². The van der Waals surface area contributed by atoms with Crippen LogP contribution in [0.3, 0.4) is 0 Å². The predicted molar refractivity (Wildman–Crippen MR) is 70.3 cm³/mol. The highest BCUT2D eigenvalue weighted by Gasteiger charge is 2.85. The highest BCUT2D eigenvalue weighted by atomic mass is 19.3. The number of ether oxygens (including phenoxy) is 1. The van der Waals surface area contributed by atoms with Crippen LogP contribution in [-0.4, -0.2) is 46.7 Å². The van der Waals surface area contributed by atoms with Crippen LogP contribution in [0.2, 0.25) is 0 Å². The summed E-state index contributed by atoms with van der Waals surface area (Å²) in [6.07, 6.45) is 0. The van der Waals surface area contributed by atoms with Gasteiger partial charge in [-0.25, -0.2) is 52.7 Å². The van der Waals surface area contributed by atoms with Crippen molar-refractivity contribution in [2.24, 2.45) is 0 Å². The maximum absolute atomic E-state index is 13.9. The van der Waals surface area contributed by atoms with Gasteiger partial charge in [-0.15, -0.1) is 0 Å².